The van der Waals surface area contributed by atoms with Gasteiger partial charge in [-0.25, -0.2) is 4.79 Å². The summed E-state index contributed by atoms with van der Waals surface area (Å²) < 4.78 is 10.6. The van der Waals surface area contributed by atoms with E-state index in [4.69, 9.17) is 21.1 Å². The quantitative estimate of drug-likeness (QED) is 0.771. The third-order valence-electron chi connectivity index (χ3n) is 2.70. The molecule has 0 saturated carbocycles. The van der Waals surface area contributed by atoms with Crippen molar-refractivity contribution in [3.8, 4) is 11.5 Å². The highest BCUT2D eigenvalue weighted by Gasteiger charge is 2.21. The fourth-order valence-corrected chi connectivity index (χ4v) is 1.94. The Bertz CT molecular complexity index is 605. The molecule has 18 heavy (non-hydrogen) atoms. The molecule has 2 aromatic carbocycles. The Balaban J connectivity index is 1.86. The van der Waals surface area contributed by atoms with E-state index in [-0.39, 0.29) is 5.97 Å². The zero-order chi connectivity index (χ0) is 12.5. The molecule has 0 spiro atoms. The lowest BCUT2D eigenvalue weighted by atomic mass is 10.1. The number of fused-ring (bicyclic) bond motifs is 1. The fraction of sp³-hybridized carbons (Fsp3) is 0.0714. The van der Waals surface area contributed by atoms with Gasteiger partial charge in [-0.15, -0.1) is 0 Å². The molecule has 0 amide bonds. The summed E-state index contributed by atoms with van der Waals surface area (Å²) in [6, 6.07) is 12.4. The molecular weight excluding hydrogens is 252 g/mol. The molecule has 0 bridgehead atoms. The minimum Gasteiger partial charge on any atom is -0.457 e. The first-order valence-corrected chi connectivity index (χ1v) is 5.84. The number of ether oxygens (including phenoxy) is 2. The molecule has 0 radical (unpaired) electrons. The van der Waals surface area contributed by atoms with Crippen molar-refractivity contribution >= 4 is 17.6 Å². The Morgan fingerprint density at radius 3 is 2.56 bits per heavy atom. The molecule has 0 aliphatic carbocycles. The van der Waals surface area contributed by atoms with Crippen LogP contribution in [0.2, 0.25) is 5.02 Å². The highest BCUT2D eigenvalue weighted by Crippen LogP contribution is 2.28. The summed E-state index contributed by atoms with van der Waals surface area (Å²) in [7, 11) is 0. The number of hydrogen-bond donors (Lipinski definition) is 0. The predicted octanol–water partition coefficient (Wildman–Crippen LogP) is 3.80. The number of carbonyl (C=O) groups excluding carboxylic acids is 1. The summed E-state index contributed by atoms with van der Waals surface area (Å²) in [5.74, 6) is 1.10. The van der Waals surface area contributed by atoms with Crippen LogP contribution < -0.4 is 4.74 Å². The Hall–Kier alpha value is -2.00. The third kappa shape index (κ3) is 2.05. The van der Waals surface area contributed by atoms with Crippen LogP contribution >= 0.6 is 11.6 Å². The zero-order valence-corrected chi connectivity index (χ0v) is 10.1. The molecule has 0 aromatic heterocycles. The molecule has 0 unspecified atom stereocenters. The van der Waals surface area contributed by atoms with E-state index in [0.29, 0.717) is 28.7 Å². The highest BCUT2D eigenvalue weighted by molar-refractivity contribution is 6.30. The molecule has 0 atom stereocenters. The van der Waals surface area contributed by atoms with Gasteiger partial charge in [-0.05, 0) is 42.5 Å². The molecule has 1 aliphatic rings. The lowest BCUT2D eigenvalue weighted by molar-refractivity contribution is 0.0535. The van der Waals surface area contributed by atoms with Crippen molar-refractivity contribution in [2.24, 2.45) is 0 Å². The van der Waals surface area contributed by atoms with Gasteiger partial charge < -0.3 is 9.47 Å². The number of hydrogen-bond acceptors (Lipinski definition) is 3. The summed E-state index contributed by atoms with van der Waals surface area (Å²) in [4.78, 5) is 11.3. The maximum absolute atomic E-state index is 11.3. The van der Waals surface area contributed by atoms with E-state index in [1.54, 1.807) is 36.4 Å². The topological polar surface area (TPSA) is 35.5 Å². The monoisotopic (exact) mass is 260 g/mol. The first-order chi connectivity index (χ1) is 8.72. The number of rotatable bonds is 2. The molecule has 4 heteroatoms. The van der Waals surface area contributed by atoms with Crippen molar-refractivity contribution in [3.63, 3.8) is 0 Å². The Morgan fingerprint density at radius 2 is 1.78 bits per heavy atom. The predicted molar refractivity (Wildman–Crippen MR) is 67.1 cm³/mol. The van der Waals surface area contributed by atoms with Crippen LogP contribution in [0.15, 0.2) is 42.5 Å². The van der Waals surface area contributed by atoms with Crippen LogP contribution in [0.4, 0.5) is 0 Å². The lowest BCUT2D eigenvalue weighted by Gasteiger charge is -2.06. The van der Waals surface area contributed by atoms with E-state index >= 15 is 0 Å². The van der Waals surface area contributed by atoms with Crippen molar-refractivity contribution in [2.45, 2.75) is 6.61 Å². The van der Waals surface area contributed by atoms with Crippen molar-refractivity contribution < 1.29 is 14.3 Å². The number of esters is 1. The molecule has 90 valence electrons. The van der Waals surface area contributed by atoms with Gasteiger partial charge in [0.1, 0.15) is 18.1 Å². The molecule has 3 nitrogen and oxygen atoms in total. The summed E-state index contributed by atoms with van der Waals surface area (Å²) in [5, 5.41) is 0.662. The molecule has 1 aliphatic heterocycles. The number of carbonyl (C=O) groups is 1. The molecule has 0 saturated heterocycles. The van der Waals surface area contributed by atoms with E-state index in [9.17, 15) is 4.79 Å². The van der Waals surface area contributed by atoms with E-state index in [1.165, 1.54) is 0 Å². The van der Waals surface area contributed by atoms with Crippen molar-refractivity contribution in [1.82, 2.24) is 0 Å². The van der Waals surface area contributed by atoms with Crippen molar-refractivity contribution in [1.29, 1.82) is 0 Å². The second-order valence-corrected chi connectivity index (χ2v) is 4.39. The van der Waals surface area contributed by atoms with Gasteiger partial charge in [0, 0.05) is 10.6 Å². The number of halogens is 1. The maximum Gasteiger partial charge on any atom is 0.338 e. The maximum atomic E-state index is 11.3. The van der Waals surface area contributed by atoms with Gasteiger partial charge in [-0.3, -0.25) is 0 Å². The van der Waals surface area contributed by atoms with Gasteiger partial charge in [0.05, 0.1) is 5.56 Å². The molecule has 3 rings (SSSR count). The average molecular weight is 261 g/mol. The molecule has 0 fully saturated rings. The standard InChI is InChI=1S/C14H9ClO3/c15-10-1-3-11(4-2-10)18-12-5-6-13-9(7-12)8-17-14(13)16/h1-7H,8H2. The minimum absolute atomic E-state index is 0.275. The van der Waals surface area contributed by atoms with Crippen LogP contribution in [0.25, 0.3) is 0 Å². The molecule has 1 heterocycles. The van der Waals surface area contributed by atoms with Gasteiger partial charge in [-0.1, -0.05) is 11.6 Å². The minimum atomic E-state index is -0.275. The van der Waals surface area contributed by atoms with Gasteiger partial charge >= 0.3 is 5.97 Å². The first-order valence-electron chi connectivity index (χ1n) is 5.46. The summed E-state index contributed by atoms with van der Waals surface area (Å²) in [6.45, 7) is 0.311. The largest absolute Gasteiger partial charge is 0.457 e. The Labute approximate surface area is 109 Å². The Morgan fingerprint density at radius 1 is 1.06 bits per heavy atom. The highest BCUT2D eigenvalue weighted by atomic mass is 35.5. The fourth-order valence-electron chi connectivity index (χ4n) is 1.81. The zero-order valence-electron chi connectivity index (χ0n) is 9.35. The number of cyclic esters (lactones) is 1. The van der Waals surface area contributed by atoms with Gasteiger partial charge in [0.2, 0.25) is 0 Å². The van der Waals surface area contributed by atoms with Gasteiger partial charge in [0.15, 0.2) is 0 Å². The van der Waals surface area contributed by atoms with Crippen LogP contribution in [0.5, 0.6) is 11.5 Å². The van der Waals surface area contributed by atoms with Crippen molar-refractivity contribution in [2.75, 3.05) is 0 Å². The van der Waals surface area contributed by atoms with Gasteiger partial charge in [0.25, 0.3) is 0 Å². The smallest absolute Gasteiger partial charge is 0.338 e. The number of benzene rings is 2. The molecular formula is C14H9ClO3. The second-order valence-electron chi connectivity index (χ2n) is 3.95. The lowest BCUT2D eigenvalue weighted by Crippen LogP contribution is -1.93. The molecule has 2 aromatic rings. The SMILES string of the molecule is O=C1OCc2cc(Oc3ccc(Cl)cc3)ccc21. The van der Waals surface area contributed by atoms with Crippen LogP contribution in [-0.4, -0.2) is 5.97 Å². The Kier molecular flexibility index (Phi) is 2.68. The average Bonchev–Trinajstić information content (AvgIpc) is 2.74. The van der Waals surface area contributed by atoms with E-state index < -0.39 is 0 Å². The summed E-state index contributed by atoms with van der Waals surface area (Å²) in [6.07, 6.45) is 0. The van der Waals surface area contributed by atoms with Crippen LogP contribution in [0, 0.1) is 0 Å². The normalized spacial score (nSPS) is 13.1. The van der Waals surface area contributed by atoms with Crippen molar-refractivity contribution in [3.05, 3.63) is 58.6 Å². The second kappa shape index (κ2) is 4.35. The van der Waals surface area contributed by atoms with Crippen LogP contribution in [0.1, 0.15) is 15.9 Å². The van der Waals surface area contributed by atoms with Crippen LogP contribution in [-0.2, 0) is 11.3 Å². The van der Waals surface area contributed by atoms with Gasteiger partial charge in [-0.2, -0.15) is 0 Å². The van der Waals surface area contributed by atoms with E-state index in [1.807, 2.05) is 6.07 Å². The molecule has 0 N–H and O–H groups in total. The summed E-state index contributed by atoms with van der Waals surface area (Å²) in [5.41, 5.74) is 1.46. The van der Waals surface area contributed by atoms with E-state index in [0.717, 1.165) is 5.56 Å². The van der Waals surface area contributed by atoms with E-state index in [2.05, 4.69) is 0 Å². The first kappa shape index (κ1) is 11.1. The van der Waals surface area contributed by atoms with Crippen LogP contribution in [0.3, 0.4) is 0 Å². The summed E-state index contributed by atoms with van der Waals surface area (Å²) >= 11 is 5.80. The third-order valence-corrected chi connectivity index (χ3v) is 2.96.